The first-order chi connectivity index (χ1) is 13.0. The molecule has 27 heavy (non-hydrogen) atoms. The van der Waals surface area contributed by atoms with Gasteiger partial charge in [0.1, 0.15) is 5.75 Å². The minimum absolute atomic E-state index is 0.155. The Morgan fingerprint density at radius 2 is 1.93 bits per heavy atom. The van der Waals surface area contributed by atoms with Crippen LogP contribution < -0.4 is 4.74 Å². The Morgan fingerprint density at radius 1 is 1.19 bits per heavy atom. The van der Waals surface area contributed by atoms with E-state index in [0.29, 0.717) is 19.4 Å². The monoisotopic (exact) mass is 374 g/mol. The average Bonchev–Trinajstić information content (AvgIpc) is 2.64. The summed E-state index contributed by atoms with van der Waals surface area (Å²) in [7, 11) is 1.76. The van der Waals surface area contributed by atoms with Gasteiger partial charge in [0.05, 0.1) is 7.11 Å². The highest BCUT2D eigenvalue weighted by Gasteiger charge is 2.40. The van der Waals surface area contributed by atoms with Gasteiger partial charge in [0, 0.05) is 38.2 Å². The van der Waals surface area contributed by atoms with Crippen molar-refractivity contribution in [2.24, 2.45) is 5.41 Å². The molecule has 0 aromatic heterocycles. The molecule has 1 spiro atoms. The minimum atomic E-state index is 0.155. The molecule has 0 unspecified atom stereocenters. The van der Waals surface area contributed by atoms with E-state index in [1.54, 1.807) is 7.11 Å². The van der Waals surface area contributed by atoms with E-state index in [9.17, 15) is 4.79 Å². The van der Waals surface area contributed by atoms with E-state index in [0.717, 1.165) is 51.2 Å². The van der Waals surface area contributed by atoms with Crippen LogP contribution in [0.3, 0.4) is 0 Å². The van der Waals surface area contributed by atoms with Crippen molar-refractivity contribution in [3.05, 3.63) is 28.8 Å². The highest BCUT2D eigenvalue weighted by atomic mass is 16.5. The second-order valence-electron chi connectivity index (χ2n) is 8.44. The SMILES string of the molecule is COc1c(C)cc(C)cc1CN1CCC2(CCC(=O)N(CCCO)C2)CC1. The molecule has 0 saturated carbocycles. The van der Waals surface area contributed by atoms with Crippen LogP contribution in [0.25, 0.3) is 0 Å². The van der Waals surface area contributed by atoms with Crippen molar-refractivity contribution in [2.75, 3.05) is 39.9 Å². The van der Waals surface area contributed by atoms with Gasteiger partial charge in [-0.2, -0.15) is 0 Å². The van der Waals surface area contributed by atoms with Gasteiger partial charge in [-0.15, -0.1) is 0 Å². The van der Waals surface area contributed by atoms with Gasteiger partial charge in [-0.05, 0) is 63.6 Å². The van der Waals surface area contributed by atoms with Crippen LogP contribution in [0.5, 0.6) is 5.75 Å². The van der Waals surface area contributed by atoms with E-state index in [-0.39, 0.29) is 17.9 Å². The molecule has 2 aliphatic rings. The normalized spacial score (nSPS) is 20.3. The predicted octanol–water partition coefficient (Wildman–Crippen LogP) is 2.90. The van der Waals surface area contributed by atoms with Crippen molar-refractivity contribution < 1.29 is 14.6 Å². The lowest BCUT2D eigenvalue weighted by Gasteiger charge is -2.47. The summed E-state index contributed by atoms with van der Waals surface area (Å²) >= 11 is 0. The van der Waals surface area contributed by atoms with Crippen LogP contribution in [-0.2, 0) is 11.3 Å². The van der Waals surface area contributed by atoms with Crippen LogP contribution in [0.4, 0.5) is 0 Å². The topological polar surface area (TPSA) is 53.0 Å². The number of piperidine rings is 2. The third kappa shape index (κ3) is 4.64. The molecule has 1 aromatic carbocycles. The summed E-state index contributed by atoms with van der Waals surface area (Å²) in [6, 6.07) is 4.42. The molecule has 1 aromatic rings. The summed E-state index contributed by atoms with van der Waals surface area (Å²) in [4.78, 5) is 16.7. The Balaban J connectivity index is 1.61. The molecule has 2 saturated heterocycles. The molecule has 5 nitrogen and oxygen atoms in total. The maximum absolute atomic E-state index is 12.2. The molecule has 1 amide bonds. The molecule has 2 heterocycles. The second kappa shape index (κ2) is 8.61. The molecule has 0 radical (unpaired) electrons. The summed E-state index contributed by atoms with van der Waals surface area (Å²) in [5.74, 6) is 1.27. The van der Waals surface area contributed by atoms with Crippen molar-refractivity contribution in [3.63, 3.8) is 0 Å². The smallest absolute Gasteiger partial charge is 0.222 e. The van der Waals surface area contributed by atoms with Crippen molar-refractivity contribution in [2.45, 2.75) is 52.5 Å². The van der Waals surface area contributed by atoms with Crippen LogP contribution in [0.15, 0.2) is 12.1 Å². The van der Waals surface area contributed by atoms with Crippen LogP contribution in [0, 0.1) is 19.3 Å². The maximum atomic E-state index is 12.2. The number of carbonyl (C=O) groups excluding carboxylic acids is 1. The van der Waals surface area contributed by atoms with E-state index in [1.165, 1.54) is 16.7 Å². The van der Waals surface area contributed by atoms with E-state index in [2.05, 4.69) is 30.9 Å². The number of amides is 1. The quantitative estimate of drug-likeness (QED) is 0.832. The molecule has 5 heteroatoms. The van der Waals surface area contributed by atoms with Gasteiger partial charge >= 0.3 is 0 Å². The number of ether oxygens (including phenoxy) is 1. The standard InChI is InChI=1S/C22H34N2O3/c1-17-13-18(2)21(27-3)19(14-17)15-23-10-7-22(8-11-23)6-5-20(26)24(16-22)9-4-12-25/h13-14,25H,4-12,15-16H2,1-3H3. The minimum Gasteiger partial charge on any atom is -0.496 e. The van der Waals surface area contributed by atoms with Crippen LogP contribution in [0.2, 0.25) is 0 Å². The van der Waals surface area contributed by atoms with Gasteiger partial charge in [0.25, 0.3) is 0 Å². The fourth-order valence-electron chi connectivity index (χ4n) is 4.85. The molecule has 0 atom stereocenters. The van der Waals surface area contributed by atoms with Gasteiger partial charge in [0.15, 0.2) is 0 Å². The number of benzene rings is 1. The van der Waals surface area contributed by atoms with Crippen LogP contribution in [-0.4, -0.2) is 60.7 Å². The zero-order valence-electron chi connectivity index (χ0n) is 17.1. The van der Waals surface area contributed by atoms with Crippen LogP contribution in [0.1, 0.15) is 48.8 Å². The van der Waals surface area contributed by atoms with E-state index < -0.39 is 0 Å². The number of methoxy groups -OCH3 is 1. The van der Waals surface area contributed by atoms with Gasteiger partial charge in [0.2, 0.25) is 5.91 Å². The highest BCUT2D eigenvalue weighted by molar-refractivity contribution is 5.77. The number of carbonyl (C=O) groups is 1. The molecular weight excluding hydrogens is 340 g/mol. The van der Waals surface area contributed by atoms with E-state index in [1.807, 2.05) is 4.90 Å². The number of aliphatic hydroxyl groups excluding tert-OH is 1. The Hall–Kier alpha value is -1.59. The first-order valence-corrected chi connectivity index (χ1v) is 10.2. The summed E-state index contributed by atoms with van der Waals surface area (Å²) in [5, 5.41) is 9.09. The lowest BCUT2D eigenvalue weighted by Crippen LogP contribution is -2.51. The lowest BCUT2D eigenvalue weighted by molar-refractivity contribution is -0.139. The van der Waals surface area contributed by atoms with E-state index >= 15 is 0 Å². The fraction of sp³-hybridized carbons (Fsp3) is 0.682. The van der Waals surface area contributed by atoms with Gasteiger partial charge < -0.3 is 14.7 Å². The van der Waals surface area contributed by atoms with Crippen molar-refractivity contribution >= 4 is 5.91 Å². The Labute approximate surface area is 163 Å². The Kier molecular flexibility index (Phi) is 6.43. The van der Waals surface area contributed by atoms with Gasteiger partial charge in [-0.25, -0.2) is 0 Å². The summed E-state index contributed by atoms with van der Waals surface area (Å²) in [6.07, 6.45) is 4.64. The van der Waals surface area contributed by atoms with E-state index in [4.69, 9.17) is 9.84 Å². The largest absolute Gasteiger partial charge is 0.496 e. The third-order valence-electron chi connectivity index (χ3n) is 6.35. The Bertz CT molecular complexity index is 666. The first-order valence-electron chi connectivity index (χ1n) is 10.2. The lowest BCUT2D eigenvalue weighted by atomic mass is 9.72. The Morgan fingerprint density at radius 3 is 2.59 bits per heavy atom. The predicted molar refractivity (Wildman–Crippen MR) is 107 cm³/mol. The van der Waals surface area contributed by atoms with Crippen molar-refractivity contribution in [3.8, 4) is 5.75 Å². The second-order valence-corrected chi connectivity index (χ2v) is 8.44. The summed E-state index contributed by atoms with van der Waals surface area (Å²) < 4.78 is 5.65. The molecule has 2 aliphatic heterocycles. The zero-order chi connectivity index (χ0) is 19.4. The molecule has 1 N–H and O–H groups in total. The zero-order valence-corrected chi connectivity index (χ0v) is 17.1. The van der Waals surface area contributed by atoms with Gasteiger partial charge in [-0.3, -0.25) is 9.69 Å². The number of likely N-dealkylation sites (tertiary alicyclic amines) is 2. The molecule has 0 aliphatic carbocycles. The molecular formula is C22H34N2O3. The molecule has 3 rings (SSSR count). The van der Waals surface area contributed by atoms with Crippen molar-refractivity contribution in [1.82, 2.24) is 9.80 Å². The number of rotatable bonds is 6. The number of hydrogen-bond acceptors (Lipinski definition) is 4. The maximum Gasteiger partial charge on any atom is 0.222 e. The molecule has 2 fully saturated rings. The molecule has 150 valence electrons. The number of aliphatic hydroxyl groups is 1. The number of hydrogen-bond donors (Lipinski definition) is 1. The van der Waals surface area contributed by atoms with Crippen LogP contribution >= 0.6 is 0 Å². The first kappa shape index (κ1) is 20.2. The van der Waals surface area contributed by atoms with Gasteiger partial charge in [-0.1, -0.05) is 17.7 Å². The molecule has 0 bridgehead atoms. The number of aryl methyl sites for hydroxylation is 2. The fourth-order valence-corrected chi connectivity index (χ4v) is 4.85. The third-order valence-corrected chi connectivity index (χ3v) is 6.35. The summed E-state index contributed by atoms with van der Waals surface area (Å²) in [5.41, 5.74) is 4.02. The van der Waals surface area contributed by atoms with Crippen molar-refractivity contribution in [1.29, 1.82) is 0 Å². The average molecular weight is 375 g/mol. The summed E-state index contributed by atoms with van der Waals surface area (Å²) in [6.45, 7) is 9.03. The highest BCUT2D eigenvalue weighted by Crippen LogP contribution is 2.41. The number of nitrogens with zero attached hydrogens (tertiary/aromatic N) is 2.